The molecule has 2 rings (SSSR count). The van der Waals surface area contributed by atoms with Crippen LogP contribution in [-0.4, -0.2) is 14.8 Å². The topological polar surface area (TPSA) is 50.7 Å². The van der Waals surface area contributed by atoms with Gasteiger partial charge in [0, 0.05) is 18.0 Å². The molecule has 0 spiro atoms. The van der Waals surface area contributed by atoms with Crippen LogP contribution in [0.15, 0.2) is 35.4 Å². The first kappa shape index (κ1) is 8.74. The van der Waals surface area contributed by atoms with Crippen molar-refractivity contribution in [2.75, 3.05) is 0 Å². The highest BCUT2D eigenvalue weighted by Crippen LogP contribution is 1.96. The molecule has 2 heterocycles. The lowest BCUT2D eigenvalue weighted by atomic mass is 10.3. The van der Waals surface area contributed by atoms with Gasteiger partial charge < -0.3 is 4.57 Å². The Labute approximate surface area is 81.2 Å². The largest absolute Gasteiger partial charge is 0.309 e. The molecule has 0 saturated heterocycles. The lowest BCUT2D eigenvalue weighted by Crippen LogP contribution is -2.21. The number of hydrogen-bond acceptors (Lipinski definition) is 2. The fourth-order valence-corrected chi connectivity index (χ4v) is 1.34. The van der Waals surface area contributed by atoms with E-state index in [2.05, 4.69) is 10.2 Å². The minimum Gasteiger partial charge on any atom is -0.309 e. The van der Waals surface area contributed by atoms with Crippen molar-refractivity contribution >= 4 is 0 Å². The number of hydrogen-bond donors (Lipinski definition) is 1. The van der Waals surface area contributed by atoms with Gasteiger partial charge in [0.05, 0.1) is 12.2 Å². The Morgan fingerprint density at radius 1 is 1.50 bits per heavy atom. The molecule has 2 aromatic heterocycles. The highest BCUT2D eigenvalue weighted by molar-refractivity contribution is 5.09. The van der Waals surface area contributed by atoms with Gasteiger partial charge in [0.1, 0.15) is 0 Å². The molecule has 0 amide bonds. The number of aryl methyl sites for hydroxylation is 1. The van der Waals surface area contributed by atoms with E-state index in [1.54, 1.807) is 17.0 Å². The van der Waals surface area contributed by atoms with Gasteiger partial charge in [-0.2, -0.15) is 5.10 Å². The predicted molar refractivity (Wildman–Crippen MR) is 53.1 cm³/mol. The summed E-state index contributed by atoms with van der Waals surface area (Å²) in [6.07, 6.45) is 3.45. The van der Waals surface area contributed by atoms with Crippen LogP contribution in [0, 0.1) is 6.92 Å². The molecule has 0 aliphatic carbocycles. The molecule has 4 nitrogen and oxygen atoms in total. The van der Waals surface area contributed by atoms with E-state index in [0.717, 1.165) is 11.3 Å². The summed E-state index contributed by atoms with van der Waals surface area (Å²) in [6.45, 7) is 2.35. The maximum Gasteiger partial charge on any atom is 0.253 e. The Morgan fingerprint density at radius 3 is 3.07 bits per heavy atom. The van der Waals surface area contributed by atoms with Crippen LogP contribution >= 0.6 is 0 Å². The predicted octanol–water partition coefficient (Wildman–Crippen LogP) is 0.928. The SMILES string of the molecule is Cc1cccn(Cc2ccn[nH]2)c1=O. The van der Waals surface area contributed by atoms with Gasteiger partial charge >= 0.3 is 0 Å². The molecule has 0 bridgehead atoms. The highest BCUT2D eigenvalue weighted by Gasteiger charge is 1.99. The minimum atomic E-state index is 0.0436. The van der Waals surface area contributed by atoms with Crippen molar-refractivity contribution in [3.63, 3.8) is 0 Å². The molecule has 72 valence electrons. The van der Waals surface area contributed by atoms with Gasteiger partial charge in [-0.15, -0.1) is 0 Å². The van der Waals surface area contributed by atoms with Crippen LogP contribution in [0.1, 0.15) is 11.3 Å². The second kappa shape index (κ2) is 3.49. The van der Waals surface area contributed by atoms with Crippen LogP contribution in [0.5, 0.6) is 0 Å². The molecule has 0 unspecified atom stereocenters. The minimum absolute atomic E-state index is 0.0436. The Balaban J connectivity index is 2.34. The monoisotopic (exact) mass is 189 g/mol. The van der Waals surface area contributed by atoms with E-state index in [0.29, 0.717) is 6.54 Å². The summed E-state index contributed by atoms with van der Waals surface area (Å²) < 4.78 is 1.66. The van der Waals surface area contributed by atoms with Gasteiger partial charge in [0.25, 0.3) is 5.56 Å². The number of aromatic nitrogens is 3. The number of nitrogens with zero attached hydrogens (tertiary/aromatic N) is 2. The summed E-state index contributed by atoms with van der Waals surface area (Å²) in [5, 5.41) is 6.65. The second-order valence-corrected chi connectivity index (χ2v) is 3.21. The molecule has 1 N–H and O–H groups in total. The normalized spacial score (nSPS) is 10.4. The number of H-pyrrole nitrogens is 1. The van der Waals surface area contributed by atoms with Gasteiger partial charge in [-0.3, -0.25) is 9.89 Å². The van der Waals surface area contributed by atoms with Crippen molar-refractivity contribution < 1.29 is 0 Å². The zero-order valence-electron chi connectivity index (χ0n) is 7.90. The summed E-state index contributed by atoms with van der Waals surface area (Å²) in [4.78, 5) is 11.6. The molecule has 0 aliphatic rings. The Hall–Kier alpha value is -1.84. The summed E-state index contributed by atoms with van der Waals surface area (Å²) in [5.41, 5.74) is 1.73. The summed E-state index contributed by atoms with van der Waals surface area (Å²) in [6, 6.07) is 5.54. The third-order valence-corrected chi connectivity index (χ3v) is 2.11. The van der Waals surface area contributed by atoms with E-state index >= 15 is 0 Å². The Bertz CT molecular complexity index is 470. The van der Waals surface area contributed by atoms with E-state index < -0.39 is 0 Å². The van der Waals surface area contributed by atoms with E-state index in [-0.39, 0.29) is 5.56 Å². The van der Waals surface area contributed by atoms with E-state index in [9.17, 15) is 4.79 Å². The molecule has 0 fully saturated rings. The van der Waals surface area contributed by atoms with Gasteiger partial charge in [-0.1, -0.05) is 6.07 Å². The van der Waals surface area contributed by atoms with Gasteiger partial charge in [0.2, 0.25) is 0 Å². The molecule has 4 heteroatoms. The van der Waals surface area contributed by atoms with Crippen molar-refractivity contribution in [1.29, 1.82) is 0 Å². The summed E-state index contributed by atoms with van der Waals surface area (Å²) in [5.74, 6) is 0. The van der Waals surface area contributed by atoms with Gasteiger partial charge in [0.15, 0.2) is 0 Å². The third-order valence-electron chi connectivity index (χ3n) is 2.11. The van der Waals surface area contributed by atoms with E-state index in [1.807, 2.05) is 25.1 Å². The number of pyridine rings is 1. The molecule has 0 radical (unpaired) electrons. The molecule has 14 heavy (non-hydrogen) atoms. The molecule has 0 aliphatic heterocycles. The number of rotatable bonds is 2. The lowest BCUT2D eigenvalue weighted by Gasteiger charge is -2.03. The number of aromatic amines is 1. The van der Waals surface area contributed by atoms with Crippen LogP contribution in [0.2, 0.25) is 0 Å². The average Bonchev–Trinajstić information content (AvgIpc) is 2.66. The first-order chi connectivity index (χ1) is 6.77. The molecule has 2 aromatic rings. The molecular formula is C10H11N3O. The summed E-state index contributed by atoms with van der Waals surface area (Å²) >= 11 is 0. The van der Waals surface area contributed by atoms with Crippen LogP contribution < -0.4 is 5.56 Å². The third kappa shape index (κ3) is 1.59. The quantitative estimate of drug-likeness (QED) is 0.764. The molecule has 0 aromatic carbocycles. The average molecular weight is 189 g/mol. The smallest absolute Gasteiger partial charge is 0.253 e. The second-order valence-electron chi connectivity index (χ2n) is 3.21. The van der Waals surface area contributed by atoms with Crippen LogP contribution in [0.25, 0.3) is 0 Å². The van der Waals surface area contributed by atoms with Crippen LogP contribution in [0.3, 0.4) is 0 Å². The molecule has 0 atom stereocenters. The van der Waals surface area contributed by atoms with Gasteiger partial charge in [-0.25, -0.2) is 0 Å². The fourth-order valence-electron chi connectivity index (χ4n) is 1.34. The summed E-state index contributed by atoms with van der Waals surface area (Å²) in [7, 11) is 0. The van der Waals surface area contributed by atoms with E-state index in [4.69, 9.17) is 0 Å². The first-order valence-corrected chi connectivity index (χ1v) is 4.41. The standard InChI is InChI=1S/C10H11N3O/c1-8-3-2-6-13(10(8)14)7-9-4-5-11-12-9/h2-6H,7H2,1H3,(H,11,12). The lowest BCUT2D eigenvalue weighted by molar-refractivity contribution is 0.729. The highest BCUT2D eigenvalue weighted by atomic mass is 16.1. The maximum atomic E-state index is 11.6. The van der Waals surface area contributed by atoms with Crippen molar-refractivity contribution in [3.8, 4) is 0 Å². The Kier molecular flexibility index (Phi) is 2.18. The van der Waals surface area contributed by atoms with Crippen LogP contribution in [-0.2, 0) is 6.54 Å². The zero-order valence-corrected chi connectivity index (χ0v) is 7.90. The van der Waals surface area contributed by atoms with Crippen molar-refractivity contribution in [3.05, 3.63) is 52.2 Å². The fraction of sp³-hybridized carbons (Fsp3) is 0.200. The van der Waals surface area contributed by atoms with E-state index in [1.165, 1.54) is 0 Å². The Morgan fingerprint density at radius 2 is 2.36 bits per heavy atom. The van der Waals surface area contributed by atoms with Crippen molar-refractivity contribution in [2.45, 2.75) is 13.5 Å². The van der Waals surface area contributed by atoms with Crippen molar-refractivity contribution in [1.82, 2.24) is 14.8 Å². The molecule has 0 saturated carbocycles. The number of nitrogens with one attached hydrogen (secondary N) is 1. The first-order valence-electron chi connectivity index (χ1n) is 4.41. The maximum absolute atomic E-state index is 11.6. The van der Waals surface area contributed by atoms with Crippen LogP contribution in [0.4, 0.5) is 0 Å². The zero-order chi connectivity index (χ0) is 9.97. The van der Waals surface area contributed by atoms with Crippen molar-refractivity contribution in [2.24, 2.45) is 0 Å². The van der Waals surface area contributed by atoms with Gasteiger partial charge in [-0.05, 0) is 19.1 Å². The molecular weight excluding hydrogens is 178 g/mol.